The first-order chi connectivity index (χ1) is 8.41. The fraction of sp³-hybridized carbons (Fsp3) is 0.364. The molecular formula is C11H14N2O4S. The van der Waals surface area contributed by atoms with Gasteiger partial charge >= 0.3 is 5.97 Å². The summed E-state index contributed by atoms with van der Waals surface area (Å²) in [5.74, 6) is -0.938. The number of sulfone groups is 1. The fourth-order valence-electron chi connectivity index (χ4n) is 1.97. The molecule has 1 heterocycles. The van der Waals surface area contributed by atoms with Gasteiger partial charge in [0.2, 0.25) is 0 Å². The van der Waals surface area contributed by atoms with Crippen LogP contribution < -0.4 is 10.6 Å². The lowest BCUT2D eigenvalue weighted by Crippen LogP contribution is -2.40. The molecule has 0 amide bonds. The Bertz CT molecular complexity index is 569. The number of nitrogen functional groups attached to an aromatic ring is 1. The molecular weight excluding hydrogens is 256 g/mol. The summed E-state index contributed by atoms with van der Waals surface area (Å²) in [4.78, 5) is 12.8. The van der Waals surface area contributed by atoms with Gasteiger partial charge in [-0.3, -0.25) is 0 Å². The number of anilines is 2. The average molecular weight is 270 g/mol. The highest BCUT2D eigenvalue weighted by Crippen LogP contribution is 2.27. The molecule has 0 radical (unpaired) electrons. The number of nitrogens with two attached hydrogens (primary N) is 1. The van der Waals surface area contributed by atoms with Crippen LogP contribution in [0.2, 0.25) is 0 Å². The van der Waals surface area contributed by atoms with E-state index < -0.39 is 15.8 Å². The van der Waals surface area contributed by atoms with Crippen molar-refractivity contribution >= 4 is 27.2 Å². The molecule has 3 N–H and O–H groups in total. The molecule has 1 aromatic rings. The highest BCUT2D eigenvalue weighted by Gasteiger charge is 2.24. The zero-order valence-corrected chi connectivity index (χ0v) is 10.5. The summed E-state index contributed by atoms with van der Waals surface area (Å²) < 4.78 is 22.7. The molecule has 6 nitrogen and oxygen atoms in total. The molecule has 2 rings (SSSR count). The summed E-state index contributed by atoms with van der Waals surface area (Å²) >= 11 is 0. The van der Waals surface area contributed by atoms with Gasteiger partial charge in [0.25, 0.3) is 0 Å². The predicted octanol–water partition coefficient (Wildman–Crippen LogP) is 0.202. The Morgan fingerprint density at radius 1 is 1.28 bits per heavy atom. The van der Waals surface area contributed by atoms with Crippen molar-refractivity contribution in [1.29, 1.82) is 0 Å². The molecule has 0 aromatic heterocycles. The first-order valence-corrected chi connectivity index (χ1v) is 7.30. The van der Waals surface area contributed by atoms with Crippen molar-refractivity contribution in [2.45, 2.75) is 0 Å². The Kier molecular flexibility index (Phi) is 3.16. The van der Waals surface area contributed by atoms with Crippen molar-refractivity contribution in [3.05, 3.63) is 23.8 Å². The molecule has 0 aliphatic carbocycles. The number of rotatable bonds is 2. The van der Waals surface area contributed by atoms with E-state index in [1.165, 1.54) is 6.07 Å². The van der Waals surface area contributed by atoms with Crippen LogP contribution >= 0.6 is 0 Å². The third-order valence-electron chi connectivity index (χ3n) is 3.00. The van der Waals surface area contributed by atoms with Gasteiger partial charge in [-0.15, -0.1) is 0 Å². The molecule has 1 saturated heterocycles. The molecule has 0 unspecified atom stereocenters. The van der Waals surface area contributed by atoms with Gasteiger partial charge in [-0.1, -0.05) is 6.07 Å². The zero-order chi connectivity index (χ0) is 13.3. The van der Waals surface area contributed by atoms with Crippen LogP contribution in [0.3, 0.4) is 0 Å². The van der Waals surface area contributed by atoms with E-state index in [-0.39, 0.29) is 22.8 Å². The third-order valence-corrected chi connectivity index (χ3v) is 4.61. The first-order valence-electron chi connectivity index (χ1n) is 5.48. The van der Waals surface area contributed by atoms with Crippen LogP contribution in [0.15, 0.2) is 18.2 Å². The van der Waals surface area contributed by atoms with Crippen LogP contribution in [0.25, 0.3) is 0 Å². The zero-order valence-electron chi connectivity index (χ0n) is 9.67. The molecule has 1 aromatic carbocycles. The molecule has 1 fully saturated rings. The van der Waals surface area contributed by atoms with Gasteiger partial charge in [0.15, 0.2) is 9.84 Å². The first kappa shape index (κ1) is 12.7. The molecule has 0 atom stereocenters. The Morgan fingerprint density at radius 3 is 2.44 bits per heavy atom. The van der Waals surface area contributed by atoms with Crippen molar-refractivity contribution in [2.75, 3.05) is 35.2 Å². The lowest BCUT2D eigenvalue weighted by Gasteiger charge is -2.30. The van der Waals surface area contributed by atoms with E-state index in [0.29, 0.717) is 18.8 Å². The number of benzene rings is 1. The molecule has 1 aliphatic heterocycles. The maximum atomic E-state index is 11.3. The standard InChI is InChI=1S/C11H14N2O4S/c12-10-8(11(14)15)2-1-3-9(10)13-4-6-18(16,17)7-5-13/h1-3H,4-7,12H2,(H,14,15). The SMILES string of the molecule is Nc1c(C(=O)O)cccc1N1CCS(=O)(=O)CC1. The predicted molar refractivity (Wildman–Crippen MR) is 68.7 cm³/mol. The number of hydrogen-bond acceptors (Lipinski definition) is 5. The maximum absolute atomic E-state index is 11.3. The third kappa shape index (κ3) is 2.40. The minimum absolute atomic E-state index is 0.0425. The number of carboxylic acids is 1. The fourth-order valence-corrected chi connectivity index (χ4v) is 3.17. The van der Waals surface area contributed by atoms with Crippen molar-refractivity contribution in [3.8, 4) is 0 Å². The van der Waals surface area contributed by atoms with Gasteiger partial charge in [-0.25, -0.2) is 13.2 Å². The number of carbonyl (C=O) groups is 1. The van der Waals surface area contributed by atoms with Crippen molar-refractivity contribution in [2.24, 2.45) is 0 Å². The highest BCUT2D eigenvalue weighted by atomic mass is 32.2. The molecule has 98 valence electrons. The van der Waals surface area contributed by atoms with Crippen LogP contribution in [0.5, 0.6) is 0 Å². The summed E-state index contributed by atoms with van der Waals surface area (Å²) in [5, 5.41) is 8.98. The Morgan fingerprint density at radius 2 is 1.89 bits per heavy atom. The lowest BCUT2D eigenvalue weighted by atomic mass is 10.1. The molecule has 7 heteroatoms. The van der Waals surface area contributed by atoms with E-state index >= 15 is 0 Å². The number of carboxylic acid groups (broad SMARTS) is 1. The topological polar surface area (TPSA) is 101 Å². The largest absolute Gasteiger partial charge is 0.478 e. The maximum Gasteiger partial charge on any atom is 0.337 e. The molecule has 18 heavy (non-hydrogen) atoms. The minimum atomic E-state index is -2.96. The Balaban J connectivity index is 2.30. The van der Waals surface area contributed by atoms with Crippen LogP contribution in [0.1, 0.15) is 10.4 Å². The van der Waals surface area contributed by atoms with E-state index in [1.807, 2.05) is 4.90 Å². The highest BCUT2D eigenvalue weighted by molar-refractivity contribution is 7.91. The van der Waals surface area contributed by atoms with Crippen LogP contribution in [-0.2, 0) is 9.84 Å². The van der Waals surface area contributed by atoms with Gasteiger partial charge in [0.1, 0.15) is 0 Å². The van der Waals surface area contributed by atoms with E-state index in [2.05, 4.69) is 0 Å². The van der Waals surface area contributed by atoms with Crippen LogP contribution in [-0.4, -0.2) is 44.1 Å². The molecule has 1 aliphatic rings. The normalized spacial score (nSPS) is 18.6. The van der Waals surface area contributed by atoms with E-state index in [9.17, 15) is 13.2 Å². The monoisotopic (exact) mass is 270 g/mol. The summed E-state index contributed by atoms with van der Waals surface area (Å²) in [6, 6.07) is 4.75. The lowest BCUT2D eigenvalue weighted by molar-refractivity contribution is 0.0698. The Hall–Kier alpha value is -1.76. The summed E-state index contributed by atoms with van der Waals surface area (Å²) in [7, 11) is -2.96. The number of para-hydroxylation sites is 1. The van der Waals surface area contributed by atoms with Gasteiger partial charge in [0, 0.05) is 13.1 Å². The molecule has 0 bridgehead atoms. The summed E-state index contributed by atoms with van der Waals surface area (Å²) in [6.07, 6.45) is 0. The summed E-state index contributed by atoms with van der Waals surface area (Å²) in [5.41, 5.74) is 6.63. The van der Waals surface area contributed by atoms with Crippen LogP contribution in [0, 0.1) is 0 Å². The summed E-state index contributed by atoms with van der Waals surface area (Å²) in [6.45, 7) is 0.686. The van der Waals surface area contributed by atoms with Crippen molar-refractivity contribution < 1.29 is 18.3 Å². The van der Waals surface area contributed by atoms with E-state index in [4.69, 9.17) is 10.8 Å². The van der Waals surface area contributed by atoms with E-state index in [0.717, 1.165) is 0 Å². The van der Waals surface area contributed by atoms with Crippen molar-refractivity contribution in [3.63, 3.8) is 0 Å². The van der Waals surface area contributed by atoms with Gasteiger partial charge < -0.3 is 15.7 Å². The minimum Gasteiger partial charge on any atom is -0.478 e. The Labute approximate surface area is 105 Å². The number of nitrogens with zero attached hydrogens (tertiary/aromatic N) is 1. The number of aromatic carboxylic acids is 1. The van der Waals surface area contributed by atoms with E-state index in [1.54, 1.807) is 12.1 Å². The number of hydrogen-bond donors (Lipinski definition) is 2. The quantitative estimate of drug-likeness (QED) is 0.745. The second-order valence-corrected chi connectivity index (χ2v) is 6.49. The average Bonchev–Trinajstić information content (AvgIpc) is 2.29. The second kappa shape index (κ2) is 4.49. The molecule has 0 spiro atoms. The molecule has 0 saturated carbocycles. The van der Waals surface area contributed by atoms with Crippen molar-refractivity contribution in [1.82, 2.24) is 0 Å². The second-order valence-electron chi connectivity index (χ2n) is 4.18. The van der Waals surface area contributed by atoms with Gasteiger partial charge in [-0.2, -0.15) is 0 Å². The smallest absolute Gasteiger partial charge is 0.337 e. The van der Waals surface area contributed by atoms with Gasteiger partial charge in [-0.05, 0) is 12.1 Å². The van der Waals surface area contributed by atoms with Gasteiger partial charge in [0.05, 0.1) is 28.4 Å². The van der Waals surface area contributed by atoms with Crippen LogP contribution in [0.4, 0.5) is 11.4 Å².